The molecule has 1 saturated carbocycles. The number of anilines is 1. The molecule has 0 aromatic carbocycles. The summed E-state index contributed by atoms with van der Waals surface area (Å²) in [6, 6.07) is 4.05. The standard InChI is InChI=1S/C16H24N6/c1-2-4-14(5-3-1)12-20-8-10-21(11-9-20)16-7-6-15-18-17-13-22(15)19-16/h6-7,13-14H,1-5,8-12H2. The third-order valence-electron chi connectivity index (χ3n) is 5.09. The molecule has 1 saturated heterocycles. The Bertz CT molecular complexity index is 610. The van der Waals surface area contributed by atoms with Crippen molar-refractivity contribution in [3.05, 3.63) is 18.5 Å². The lowest BCUT2D eigenvalue weighted by atomic mass is 9.89. The number of hydrogen-bond donors (Lipinski definition) is 0. The van der Waals surface area contributed by atoms with E-state index in [9.17, 15) is 0 Å². The van der Waals surface area contributed by atoms with Gasteiger partial charge >= 0.3 is 0 Å². The van der Waals surface area contributed by atoms with E-state index in [-0.39, 0.29) is 0 Å². The zero-order valence-corrected chi connectivity index (χ0v) is 13.1. The monoisotopic (exact) mass is 300 g/mol. The van der Waals surface area contributed by atoms with E-state index in [1.54, 1.807) is 10.8 Å². The van der Waals surface area contributed by atoms with Crippen LogP contribution in [-0.4, -0.2) is 57.4 Å². The molecule has 0 radical (unpaired) electrons. The Morgan fingerprint density at radius 3 is 2.64 bits per heavy atom. The fourth-order valence-corrected chi connectivity index (χ4v) is 3.78. The number of fused-ring (bicyclic) bond motifs is 1. The second-order valence-corrected chi connectivity index (χ2v) is 6.62. The average Bonchev–Trinajstić information content (AvgIpc) is 3.04. The van der Waals surface area contributed by atoms with Crippen LogP contribution in [0.5, 0.6) is 0 Å². The van der Waals surface area contributed by atoms with Crippen molar-refractivity contribution in [1.29, 1.82) is 0 Å². The average molecular weight is 300 g/mol. The molecule has 2 aromatic rings. The highest BCUT2D eigenvalue weighted by molar-refractivity contribution is 5.45. The van der Waals surface area contributed by atoms with Crippen LogP contribution < -0.4 is 4.90 Å². The van der Waals surface area contributed by atoms with Gasteiger partial charge in [-0.1, -0.05) is 19.3 Å². The molecular weight excluding hydrogens is 276 g/mol. The van der Waals surface area contributed by atoms with Gasteiger partial charge in [0.15, 0.2) is 5.65 Å². The van der Waals surface area contributed by atoms with Crippen molar-refractivity contribution >= 4 is 11.5 Å². The van der Waals surface area contributed by atoms with Crippen molar-refractivity contribution in [2.24, 2.45) is 5.92 Å². The smallest absolute Gasteiger partial charge is 0.177 e. The largest absolute Gasteiger partial charge is 0.353 e. The van der Waals surface area contributed by atoms with Gasteiger partial charge in [-0.2, -0.15) is 4.52 Å². The van der Waals surface area contributed by atoms with Gasteiger partial charge < -0.3 is 4.90 Å². The van der Waals surface area contributed by atoms with Crippen LogP contribution in [0.4, 0.5) is 5.82 Å². The molecule has 0 N–H and O–H groups in total. The topological polar surface area (TPSA) is 49.6 Å². The van der Waals surface area contributed by atoms with Crippen molar-refractivity contribution in [3.8, 4) is 0 Å². The third kappa shape index (κ3) is 2.92. The maximum atomic E-state index is 4.60. The summed E-state index contributed by atoms with van der Waals surface area (Å²) < 4.78 is 1.75. The van der Waals surface area contributed by atoms with Gasteiger partial charge in [0.05, 0.1) is 0 Å². The molecule has 118 valence electrons. The number of nitrogens with zero attached hydrogens (tertiary/aromatic N) is 6. The molecule has 1 aliphatic carbocycles. The molecule has 1 aliphatic heterocycles. The Kier molecular flexibility index (Phi) is 3.93. The summed E-state index contributed by atoms with van der Waals surface area (Å²) in [5, 5.41) is 12.5. The molecule has 22 heavy (non-hydrogen) atoms. The van der Waals surface area contributed by atoms with E-state index in [1.165, 1.54) is 38.6 Å². The third-order valence-corrected chi connectivity index (χ3v) is 5.09. The molecular formula is C16H24N6. The lowest BCUT2D eigenvalue weighted by molar-refractivity contribution is 0.191. The summed E-state index contributed by atoms with van der Waals surface area (Å²) in [4.78, 5) is 5.01. The van der Waals surface area contributed by atoms with Crippen LogP contribution in [0, 0.1) is 5.92 Å². The van der Waals surface area contributed by atoms with Crippen LogP contribution in [0.1, 0.15) is 32.1 Å². The quantitative estimate of drug-likeness (QED) is 0.865. The fourth-order valence-electron chi connectivity index (χ4n) is 3.78. The predicted octanol–water partition coefficient (Wildman–Crippen LogP) is 1.83. The van der Waals surface area contributed by atoms with Crippen LogP contribution in [-0.2, 0) is 0 Å². The van der Waals surface area contributed by atoms with Crippen LogP contribution in [0.15, 0.2) is 18.5 Å². The molecule has 0 spiro atoms. The molecule has 0 bridgehead atoms. The molecule has 2 fully saturated rings. The Hall–Kier alpha value is -1.69. The lowest BCUT2D eigenvalue weighted by Gasteiger charge is -2.37. The van der Waals surface area contributed by atoms with Crippen molar-refractivity contribution in [2.75, 3.05) is 37.6 Å². The van der Waals surface area contributed by atoms with Crippen molar-refractivity contribution in [1.82, 2.24) is 24.7 Å². The lowest BCUT2D eigenvalue weighted by Crippen LogP contribution is -2.48. The van der Waals surface area contributed by atoms with E-state index in [2.05, 4.69) is 31.2 Å². The molecule has 3 heterocycles. The predicted molar refractivity (Wildman–Crippen MR) is 86.0 cm³/mol. The SMILES string of the molecule is c1cc2nncn2nc1N1CCN(CC2CCCCC2)CC1. The van der Waals surface area contributed by atoms with Gasteiger partial charge in [-0.25, -0.2) is 0 Å². The highest BCUT2D eigenvalue weighted by Crippen LogP contribution is 2.25. The van der Waals surface area contributed by atoms with Gasteiger partial charge in [-0.3, -0.25) is 4.90 Å². The van der Waals surface area contributed by atoms with Gasteiger partial charge in [0.2, 0.25) is 0 Å². The molecule has 0 amide bonds. The molecule has 2 aliphatic rings. The van der Waals surface area contributed by atoms with Gasteiger partial charge in [-0.05, 0) is 30.9 Å². The summed E-state index contributed by atoms with van der Waals surface area (Å²) in [7, 11) is 0. The highest BCUT2D eigenvalue weighted by atomic mass is 15.4. The van der Waals surface area contributed by atoms with Crippen molar-refractivity contribution in [3.63, 3.8) is 0 Å². The van der Waals surface area contributed by atoms with E-state index < -0.39 is 0 Å². The summed E-state index contributed by atoms with van der Waals surface area (Å²) in [5.74, 6) is 1.97. The number of hydrogen-bond acceptors (Lipinski definition) is 5. The Morgan fingerprint density at radius 1 is 1.00 bits per heavy atom. The Balaban J connectivity index is 1.34. The van der Waals surface area contributed by atoms with Crippen LogP contribution in [0.2, 0.25) is 0 Å². The minimum absolute atomic E-state index is 0.805. The summed E-state index contributed by atoms with van der Waals surface area (Å²) in [5.41, 5.74) is 0.805. The second kappa shape index (κ2) is 6.20. The first-order valence-corrected chi connectivity index (χ1v) is 8.53. The van der Waals surface area contributed by atoms with Crippen LogP contribution in [0.25, 0.3) is 5.65 Å². The second-order valence-electron chi connectivity index (χ2n) is 6.62. The van der Waals surface area contributed by atoms with Gasteiger partial charge in [0.25, 0.3) is 0 Å². The van der Waals surface area contributed by atoms with E-state index in [4.69, 9.17) is 0 Å². The normalized spacial score (nSPS) is 21.5. The van der Waals surface area contributed by atoms with Crippen molar-refractivity contribution < 1.29 is 0 Å². The summed E-state index contributed by atoms with van der Waals surface area (Å²) in [6.07, 6.45) is 8.86. The van der Waals surface area contributed by atoms with Gasteiger partial charge in [0, 0.05) is 32.7 Å². The van der Waals surface area contributed by atoms with Crippen molar-refractivity contribution in [2.45, 2.75) is 32.1 Å². The van der Waals surface area contributed by atoms with Crippen LogP contribution in [0.3, 0.4) is 0 Å². The Labute approximate surface area is 131 Å². The first-order valence-electron chi connectivity index (χ1n) is 8.53. The summed E-state index contributed by atoms with van der Waals surface area (Å²) >= 11 is 0. The molecule has 6 nitrogen and oxygen atoms in total. The maximum absolute atomic E-state index is 4.60. The maximum Gasteiger partial charge on any atom is 0.177 e. The molecule has 2 aromatic heterocycles. The van der Waals surface area contributed by atoms with Crippen LogP contribution >= 0.6 is 0 Å². The number of piperazine rings is 1. The molecule has 0 unspecified atom stereocenters. The molecule has 6 heteroatoms. The fraction of sp³-hybridized carbons (Fsp3) is 0.688. The van der Waals surface area contributed by atoms with Gasteiger partial charge in [-0.15, -0.1) is 15.3 Å². The van der Waals surface area contributed by atoms with E-state index in [1.807, 2.05) is 6.07 Å². The highest BCUT2D eigenvalue weighted by Gasteiger charge is 2.22. The minimum atomic E-state index is 0.805. The first-order chi connectivity index (χ1) is 10.9. The van der Waals surface area contributed by atoms with E-state index in [0.717, 1.165) is 43.6 Å². The minimum Gasteiger partial charge on any atom is -0.353 e. The zero-order valence-electron chi connectivity index (χ0n) is 13.1. The summed E-state index contributed by atoms with van der Waals surface area (Å²) in [6.45, 7) is 5.73. The molecule has 4 rings (SSSR count). The molecule has 0 atom stereocenters. The zero-order chi connectivity index (χ0) is 14.8. The Morgan fingerprint density at radius 2 is 1.82 bits per heavy atom. The first kappa shape index (κ1) is 13.9. The number of aromatic nitrogens is 4. The van der Waals surface area contributed by atoms with E-state index >= 15 is 0 Å². The van der Waals surface area contributed by atoms with Gasteiger partial charge in [0.1, 0.15) is 12.1 Å². The number of rotatable bonds is 3. The van der Waals surface area contributed by atoms with E-state index in [0.29, 0.717) is 0 Å².